The maximum absolute atomic E-state index is 12.5. The first-order valence-electron chi connectivity index (χ1n) is 6.93. The van der Waals surface area contributed by atoms with Gasteiger partial charge in [-0.15, -0.1) is 0 Å². The summed E-state index contributed by atoms with van der Waals surface area (Å²) in [6, 6.07) is 8.85. The summed E-state index contributed by atoms with van der Waals surface area (Å²) in [6.45, 7) is 0. The van der Waals surface area contributed by atoms with Gasteiger partial charge in [0, 0.05) is 5.02 Å². The minimum Gasteiger partial charge on any atom is -0.465 e. The third-order valence-corrected chi connectivity index (χ3v) is 3.47. The van der Waals surface area contributed by atoms with E-state index in [2.05, 4.69) is 5.32 Å². The predicted molar refractivity (Wildman–Crippen MR) is 88.3 cm³/mol. The number of nitrogens with one attached hydrogen (secondary N) is 1. The molecule has 1 aromatic heterocycles. The lowest BCUT2D eigenvalue weighted by Crippen LogP contribution is -2.54. The summed E-state index contributed by atoms with van der Waals surface area (Å²) in [4.78, 5) is 37.3. The standard InChI is InChI=1S/C17H11ClN2O4/c18-11-4-1-5-12(10-11)20-16(22)14(15(21)19-17(20)23)8-2-6-13-7-3-9-24-13/h1-10H,(H,19,21,23)/b6-2+,14-8-. The number of hydrogen-bond donors (Lipinski definition) is 1. The molecule has 1 saturated heterocycles. The van der Waals surface area contributed by atoms with E-state index in [-0.39, 0.29) is 11.3 Å². The van der Waals surface area contributed by atoms with Crippen molar-refractivity contribution in [2.45, 2.75) is 0 Å². The average Bonchev–Trinajstić information content (AvgIpc) is 3.03. The number of imide groups is 2. The lowest BCUT2D eigenvalue weighted by molar-refractivity contribution is -0.122. The number of urea groups is 1. The van der Waals surface area contributed by atoms with Crippen LogP contribution in [-0.2, 0) is 9.59 Å². The zero-order chi connectivity index (χ0) is 17.1. The van der Waals surface area contributed by atoms with Gasteiger partial charge in [0.15, 0.2) is 0 Å². The highest BCUT2D eigenvalue weighted by Crippen LogP contribution is 2.23. The van der Waals surface area contributed by atoms with Gasteiger partial charge in [0.1, 0.15) is 11.3 Å². The summed E-state index contributed by atoms with van der Waals surface area (Å²) < 4.78 is 5.12. The first-order valence-corrected chi connectivity index (χ1v) is 7.31. The zero-order valence-corrected chi connectivity index (χ0v) is 13.0. The molecule has 0 aliphatic carbocycles. The van der Waals surface area contributed by atoms with Crippen molar-refractivity contribution in [2.75, 3.05) is 4.90 Å². The molecule has 2 aromatic rings. The van der Waals surface area contributed by atoms with Crippen molar-refractivity contribution in [1.29, 1.82) is 0 Å². The van der Waals surface area contributed by atoms with E-state index in [1.165, 1.54) is 24.5 Å². The van der Waals surface area contributed by atoms with Crippen molar-refractivity contribution >= 4 is 41.2 Å². The lowest BCUT2D eigenvalue weighted by Gasteiger charge is -2.26. The highest BCUT2D eigenvalue weighted by Gasteiger charge is 2.36. The fourth-order valence-electron chi connectivity index (χ4n) is 2.15. The second-order valence-electron chi connectivity index (χ2n) is 4.83. The van der Waals surface area contributed by atoms with Gasteiger partial charge in [0.25, 0.3) is 11.8 Å². The summed E-state index contributed by atoms with van der Waals surface area (Å²) in [5.74, 6) is -0.916. The first kappa shape index (κ1) is 15.8. The Kier molecular flexibility index (Phi) is 4.31. The number of rotatable bonds is 3. The number of barbiturate groups is 1. The van der Waals surface area contributed by atoms with Crippen LogP contribution in [0.1, 0.15) is 5.76 Å². The quantitative estimate of drug-likeness (QED) is 0.686. The van der Waals surface area contributed by atoms with Crippen molar-refractivity contribution in [3.63, 3.8) is 0 Å². The molecule has 1 aliphatic rings. The Morgan fingerprint density at radius 3 is 2.67 bits per heavy atom. The molecule has 2 heterocycles. The SMILES string of the molecule is O=C1NC(=O)N(c2cccc(Cl)c2)C(=O)/C1=C\C=C\c1ccco1. The molecule has 1 fully saturated rings. The van der Waals surface area contributed by atoms with Crippen molar-refractivity contribution in [3.05, 3.63) is 71.2 Å². The largest absolute Gasteiger partial charge is 0.465 e. The maximum Gasteiger partial charge on any atom is 0.335 e. The van der Waals surface area contributed by atoms with E-state index >= 15 is 0 Å². The van der Waals surface area contributed by atoms with Crippen LogP contribution in [0.3, 0.4) is 0 Å². The molecule has 0 radical (unpaired) electrons. The van der Waals surface area contributed by atoms with E-state index in [9.17, 15) is 14.4 Å². The molecule has 6 nitrogen and oxygen atoms in total. The Morgan fingerprint density at radius 1 is 1.12 bits per heavy atom. The maximum atomic E-state index is 12.5. The van der Waals surface area contributed by atoms with Gasteiger partial charge in [0.2, 0.25) is 0 Å². The summed E-state index contributed by atoms with van der Waals surface area (Å²) in [5.41, 5.74) is 0.107. The summed E-state index contributed by atoms with van der Waals surface area (Å²) in [7, 11) is 0. The molecule has 24 heavy (non-hydrogen) atoms. The van der Waals surface area contributed by atoms with E-state index in [0.717, 1.165) is 4.90 Å². The molecular weight excluding hydrogens is 332 g/mol. The molecule has 3 rings (SSSR count). The fourth-order valence-corrected chi connectivity index (χ4v) is 2.34. The monoisotopic (exact) mass is 342 g/mol. The minimum absolute atomic E-state index is 0.169. The van der Waals surface area contributed by atoms with Crippen molar-refractivity contribution in [3.8, 4) is 0 Å². The second-order valence-corrected chi connectivity index (χ2v) is 5.27. The second kappa shape index (κ2) is 6.55. The molecule has 0 spiro atoms. The molecule has 0 atom stereocenters. The van der Waals surface area contributed by atoms with Crippen LogP contribution in [0.5, 0.6) is 0 Å². The van der Waals surface area contributed by atoms with E-state index in [1.807, 2.05) is 0 Å². The van der Waals surface area contributed by atoms with Crippen LogP contribution in [0.2, 0.25) is 5.02 Å². The first-order chi connectivity index (χ1) is 11.6. The summed E-state index contributed by atoms with van der Waals surface area (Å²) in [5, 5.41) is 2.50. The Labute approximate surface area is 142 Å². The topological polar surface area (TPSA) is 79.6 Å². The molecule has 120 valence electrons. The van der Waals surface area contributed by atoms with Crippen molar-refractivity contribution < 1.29 is 18.8 Å². The number of amides is 4. The summed E-state index contributed by atoms with van der Waals surface area (Å²) in [6.07, 6.45) is 5.92. The van der Waals surface area contributed by atoms with E-state index in [1.54, 1.807) is 36.4 Å². The normalized spacial score (nSPS) is 17.0. The van der Waals surface area contributed by atoms with E-state index in [4.69, 9.17) is 16.0 Å². The highest BCUT2D eigenvalue weighted by atomic mass is 35.5. The van der Waals surface area contributed by atoms with Crippen LogP contribution >= 0.6 is 11.6 Å². The van der Waals surface area contributed by atoms with Gasteiger partial charge >= 0.3 is 6.03 Å². The number of hydrogen-bond acceptors (Lipinski definition) is 4. The third-order valence-electron chi connectivity index (χ3n) is 3.23. The van der Waals surface area contributed by atoms with Gasteiger partial charge in [-0.1, -0.05) is 23.7 Å². The number of carbonyl (C=O) groups excluding carboxylic acids is 3. The Hall–Kier alpha value is -3.12. The third kappa shape index (κ3) is 3.13. The van der Waals surface area contributed by atoms with E-state index < -0.39 is 17.8 Å². The van der Waals surface area contributed by atoms with Crippen LogP contribution in [-0.4, -0.2) is 17.8 Å². The van der Waals surface area contributed by atoms with Gasteiger partial charge in [-0.25, -0.2) is 9.69 Å². The van der Waals surface area contributed by atoms with Gasteiger partial charge in [-0.2, -0.15) is 0 Å². The number of halogens is 1. The van der Waals surface area contributed by atoms with Crippen molar-refractivity contribution in [2.24, 2.45) is 0 Å². The minimum atomic E-state index is -0.820. The molecule has 1 aliphatic heterocycles. The van der Waals surface area contributed by atoms with Gasteiger partial charge in [-0.05, 0) is 42.5 Å². The number of nitrogens with zero attached hydrogens (tertiary/aromatic N) is 1. The average molecular weight is 343 g/mol. The molecule has 7 heteroatoms. The molecular formula is C17H11ClN2O4. The van der Waals surface area contributed by atoms with Crippen LogP contribution in [0, 0.1) is 0 Å². The zero-order valence-electron chi connectivity index (χ0n) is 12.2. The number of furan rings is 1. The van der Waals surface area contributed by atoms with Crippen molar-refractivity contribution in [1.82, 2.24) is 5.32 Å². The number of benzene rings is 1. The molecule has 1 N–H and O–H groups in total. The van der Waals surface area contributed by atoms with Crippen LogP contribution in [0.25, 0.3) is 6.08 Å². The Morgan fingerprint density at radius 2 is 1.96 bits per heavy atom. The van der Waals surface area contributed by atoms with E-state index in [0.29, 0.717) is 10.8 Å². The number of anilines is 1. The fraction of sp³-hybridized carbons (Fsp3) is 0. The van der Waals surface area contributed by atoms with Crippen LogP contribution in [0.4, 0.5) is 10.5 Å². The molecule has 0 saturated carbocycles. The summed E-state index contributed by atoms with van der Waals surface area (Å²) >= 11 is 5.89. The van der Waals surface area contributed by atoms with Gasteiger partial charge in [0.05, 0.1) is 12.0 Å². The Balaban J connectivity index is 1.91. The molecule has 0 unspecified atom stereocenters. The number of allylic oxidation sites excluding steroid dienone is 2. The lowest BCUT2D eigenvalue weighted by atomic mass is 10.1. The highest BCUT2D eigenvalue weighted by molar-refractivity contribution is 6.38. The molecule has 1 aromatic carbocycles. The molecule has 4 amide bonds. The van der Waals surface area contributed by atoms with Crippen LogP contribution < -0.4 is 10.2 Å². The van der Waals surface area contributed by atoms with Gasteiger partial charge < -0.3 is 4.42 Å². The molecule has 0 bridgehead atoms. The predicted octanol–water partition coefficient (Wildman–Crippen LogP) is 3.16. The smallest absolute Gasteiger partial charge is 0.335 e. The van der Waals surface area contributed by atoms with Gasteiger partial charge in [-0.3, -0.25) is 14.9 Å². The Bertz CT molecular complexity index is 868. The number of carbonyl (C=O) groups is 3. The van der Waals surface area contributed by atoms with Crippen LogP contribution in [0.15, 0.2) is 64.8 Å².